The Morgan fingerprint density at radius 3 is 1.14 bits per heavy atom. The van der Waals surface area contributed by atoms with Crippen LogP contribution in [0.2, 0.25) is 0 Å². The average molecular weight is 378 g/mol. The number of carbonyl (C=O) groups excluding carboxylic acids is 4. The molecule has 142 valence electrons. The van der Waals surface area contributed by atoms with Crippen molar-refractivity contribution in [3.63, 3.8) is 0 Å². The molecule has 6 heteroatoms. The summed E-state index contributed by atoms with van der Waals surface area (Å²) in [6, 6.07) is 11.2. The summed E-state index contributed by atoms with van der Waals surface area (Å²) in [5.74, 6) is -2.12. The Hall–Kier alpha value is -3.80. The molecule has 0 aromatic heterocycles. The maximum Gasteiger partial charge on any atom is 0.338 e. The van der Waals surface area contributed by atoms with E-state index in [1.165, 1.54) is 62.4 Å². The van der Waals surface area contributed by atoms with Gasteiger partial charge in [-0.05, 0) is 62.4 Å². The van der Waals surface area contributed by atoms with Crippen molar-refractivity contribution >= 4 is 23.5 Å². The summed E-state index contributed by atoms with van der Waals surface area (Å²) in [4.78, 5) is 47.7. The molecule has 2 aromatic carbocycles. The van der Waals surface area contributed by atoms with Crippen molar-refractivity contribution in [1.29, 1.82) is 0 Å². The van der Waals surface area contributed by atoms with Crippen LogP contribution < -0.4 is 9.47 Å². The van der Waals surface area contributed by atoms with E-state index < -0.39 is 23.5 Å². The predicted molar refractivity (Wildman–Crippen MR) is 102 cm³/mol. The van der Waals surface area contributed by atoms with Gasteiger partial charge in [-0.3, -0.25) is 9.59 Å². The molecule has 0 saturated carbocycles. The van der Waals surface area contributed by atoms with E-state index >= 15 is 0 Å². The zero-order valence-corrected chi connectivity index (χ0v) is 15.5. The van der Waals surface area contributed by atoms with Crippen LogP contribution in [-0.2, 0) is 9.59 Å². The quantitative estimate of drug-likeness (QED) is 0.240. The normalized spacial score (nSPS) is 9.93. The first-order valence-corrected chi connectivity index (χ1v) is 8.23. The minimum atomic E-state index is -0.718. The monoisotopic (exact) mass is 378 g/mol. The minimum absolute atomic E-state index is 0.151. The van der Waals surface area contributed by atoms with Gasteiger partial charge in [0.25, 0.3) is 0 Å². The van der Waals surface area contributed by atoms with E-state index in [4.69, 9.17) is 9.47 Å². The van der Waals surface area contributed by atoms with Crippen molar-refractivity contribution in [3.8, 4) is 11.5 Å². The number of esters is 2. The van der Waals surface area contributed by atoms with E-state index in [1.54, 1.807) is 0 Å². The van der Waals surface area contributed by atoms with Crippen LogP contribution in [0.25, 0.3) is 0 Å². The lowest BCUT2D eigenvalue weighted by Gasteiger charge is -2.06. The highest BCUT2D eigenvalue weighted by molar-refractivity contribution is 6.49. The zero-order chi connectivity index (χ0) is 20.8. The summed E-state index contributed by atoms with van der Waals surface area (Å²) < 4.78 is 10.1. The van der Waals surface area contributed by atoms with Crippen molar-refractivity contribution in [2.75, 3.05) is 0 Å². The summed E-state index contributed by atoms with van der Waals surface area (Å²) in [7, 11) is 0. The van der Waals surface area contributed by atoms with Gasteiger partial charge in [0.2, 0.25) is 11.6 Å². The SMILES string of the molecule is C=C(C)C(=O)Oc1ccc(C(=O)C(=O)c2ccc(OC(=O)C(=C)C)cc2)cc1. The number of ether oxygens (including phenoxy) is 2. The van der Waals surface area contributed by atoms with E-state index in [1.807, 2.05) is 0 Å². The van der Waals surface area contributed by atoms with Gasteiger partial charge in [0, 0.05) is 22.3 Å². The van der Waals surface area contributed by atoms with Crippen molar-refractivity contribution in [2.24, 2.45) is 0 Å². The molecule has 0 aliphatic carbocycles. The minimum Gasteiger partial charge on any atom is -0.423 e. The summed E-state index contributed by atoms with van der Waals surface area (Å²) >= 11 is 0. The van der Waals surface area contributed by atoms with Gasteiger partial charge in [0.15, 0.2) is 0 Å². The van der Waals surface area contributed by atoms with Gasteiger partial charge in [0.1, 0.15) is 11.5 Å². The van der Waals surface area contributed by atoms with Crippen LogP contribution in [0.4, 0.5) is 0 Å². The van der Waals surface area contributed by atoms with Gasteiger partial charge in [-0.15, -0.1) is 0 Å². The highest BCUT2D eigenvalue weighted by Gasteiger charge is 2.19. The third kappa shape index (κ3) is 5.11. The van der Waals surface area contributed by atoms with Crippen LogP contribution >= 0.6 is 0 Å². The van der Waals surface area contributed by atoms with E-state index in [2.05, 4.69) is 13.2 Å². The Morgan fingerprint density at radius 2 is 0.893 bits per heavy atom. The molecular formula is C22H18O6. The van der Waals surface area contributed by atoms with Crippen LogP contribution in [0.15, 0.2) is 72.8 Å². The standard InChI is InChI=1S/C22H18O6/c1-13(2)21(25)27-17-9-5-15(6-10-17)19(23)20(24)16-7-11-18(12-8-16)28-22(26)14(3)4/h5-12H,1,3H2,2,4H3. The van der Waals surface area contributed by atoms with Crippen molar-refractivity contribution < 1.29 is 28.7 Å². The fourth-order valence-corrected chi connectivity index (χ4v) is 2.00. The molecule has 0 spiro atoms. The third-order valence-electron chi connectivity index (χ3n) is 3.56. The topological polar surface area (TPSA) is 86.7 Å². The molecular weight excluding hydrogens is 360 g/mol. The highest BCUT2D eigenvalue weighted by Crippen LogP contribution is 2.18. The van der Waals surface area contributed by atoms with Crippen LogP contribution in [0.1, 0.15) is 34.6 Å². The Kier molecular flexibility index (Phi) is 6.39. The second-order valence-corrected chi connectivity index (χ2v) is 6.05. The van der Waals surface area contributed by atoms with Crippen molar-refractivity contribution in [2.45, 2.75) is 13.8 Å². The average Bonchev–Trinajstić information content (AvgIpc) is 2.67. The smallest absolute Gasteiger partial charge is 0.338 e. The lowest BCUT2D eigenvalue weighted by molar-refractivity contribution is -0.130. The van der Waals surface area contributed by atoms with Gasteiger partial charge in [-0.25, -0.2) is 9.59 Å². The summed E-state index contributed by atoms with van der Waals surface area (Å²) in [5, 5.41) is 0. The first kappa shape index (κ1) is 20.5. The van der Waals surface area contributed by atoms with E-state index in [0.29, 0.717) is 0 Å². The molecule has 0 unspecified atom stereocenters. The highest BCUT2D eigenvalue weighted by atomic mass is 16.5. The molecule has 0 bridgehead atoms. The number of carbonyl (C=O) groups is 4. The lowest BCUT2D eigenvalue weighted by Crippen LogP contribution is -2.15. The molecule has 0 radical (unpaired) electrons. The van der Waals surface area contributed by atoms with Crippen LogP contribution in [0.5, 0.6) is 11.5 Å². The molecule has 28 heavy (non-hydrogen) atoms. The molecule has 0 heterocycles. The number of ketones is 2. The van der Waals surface area contributed by atoms with Gasteiger partial charge in [-0.1, -0.05) is 13.2 Å². The van der Waals surface area contributed by atoms with Crippen LogP contribution in [-0.4, -0.2) is 23.5 Å². The molecule has 2 rings (SSSR count). The summed E-state index contributed by atoms with van der Waals surface area (Å²) in [6.45, 7) is 9.99. The molecule has 0 atom stereocenters. The van der Waals surface area contributed by atoms with Crippen LogP contribution in [0.3, 0.4) is 0 Å². The number of rotatable bonds is 7. The predicted octanol–water partition coefficient (Wildman–Crippen LogP) is 3.72. The zero-order valence-electron chi connectivity index (χ0n) is 15.5. The number of benzene rings is 2. The maximum absolute atomic E-state index is 12.4. The maximum atomic E-state index is 12.4. The number of hydrogen-bond donors (Lipinski definition) is 0. The van der Waals surface area contributed by atoms with E-state index in [0.717, 1.165) is 0 Å². The molecule has 0 aliphatic rings. The lowest BCUT2D eigenvalue weighted by atomic mass is 10.0. The molecule has 0 N–H and O–H groups in total. The second-order valence-electron chi connectivity index (χ2n) is 6.05. The number of hydrogen-bond acceptors (Lipinski definition) is 6. The summed E-state index contributed by atoms with van der Waals surface area (Å²) in [6.07, 6.45) is 0. The fourth-order valence-electron chi connectivity index (χ4n) is 2.00. The Balaban J connectivity index is 2.08. The third-order valence-corrected chi connectivity index (χ3v) is 3.56. The molecule has 6 nitrogen and oxygen atoms in total. The number of Topliss-reactive ketones (excluding diaryl/α,β-unsaturated/α-hetero) is 2. The van der Waals surface area contributed by atoms with Crippen LogP contribution in [0, 0.1) is 0 Å². The molecule has 0 amide bonds. The molecule has 0 aliphatic heterocycles. The molecule has 2 aromatic rings. The molecule has 0 saturated heterocycles. The fraction of sp³-hybridized carbons (Fsp3) is 0.0909. The van der Waals surface area contributed by atoms with Gasteiger partial charge in [-0.2, -0.15) is 0 Å². The van der Waals surface area contributed by atoms with E-state index in [9.17, 15) is 19.2 Å². The largest absolute Gasteiger partial charge is 0.423 e. The van der Waals surface area contributed by atoms with E-state index in [-0.39, 0.29) is 33.8 Å². The van der Waals surface area contributed by atoms with Gasteiger partial charge < -0.3 is 9.47 Å². The Bertz CT molecular complexity index is 884. The van der Waals surface area contributed by atoms with Crippen molar-refractivity contribution in [3.05, 3.63) is 84.0 Å². The van der Waals surface area contributed by atoms with Crippen molar-refractivity contribution in [1.82, 2.24) is 0 Å². The summed E-state index contributed by atoms with van der Waals surface area (Å²) in [5.41, 5.74) is 0.788. The van der Waals surface area contributed by atoms with Gasteiger partial charge in [0.05, 0.1) is 0 Å². The Morgan fingerprint density at radius 1 is 0.607 bits per heavy atom. The first-order chi connectivity index (χ1) is 13.2. The molecule has 0 fully saturated rings. The van der Waals surface area contributed by atoms with Gasteiger partial charge >= 0.3 is 11.9 Å². The Labute approximate surface area is 162 Å². The second kappa shape index (κ2) is 8.73. The first-order valence-electron chi connectivity index (χ1n) is 8.23.